The van der Waals surface area contributed by atoms with Gasteiger partial charge in [-0.05, 0) is 32.9 Å². The van der Waals surface area contributed by atoms with Gasteiger partial charge < -0.3 is 9.84 Å². The number of carboxylic acid groups (broad SMARTS) is 1. The van der Waals surface area contributed by atoms with Crippen molar-refractivity contribution in [2.45, 2.75) is 20.8 Å². The molecule has 0 fully saturated rings. The number of carboxylic acids is 1. The van der Waals surface area contributed by atoms with Gasteiger partial charge in [0.1, 0.15) is 11.3 Å². The number of anilines is 1. The van der Waals surface area contributed by atoms with E-state index in [4.69, 9.17) is 4.74 Å². The van der Waals surface area contributed by atoms with Gasteiger partial charge in [0.2, 0.25) is 0 Å². The average molecular weight is 302 g/mol. The molecule has 1 N–H and O–H groups in total. The molecular formula is C16H18N2O4. The molecule has 2 rings (SSSR count). The maximum Gasteiger partial charge on any atom is 0.312 e. The number of allylic oxidation sites excluding steroid dienone is 1. The number of para-hydroxylation sites is 1. The molecule has 116 valence electrons. The standard InChI is InChI=1S/C16H18N2O4/c1-4-22-11(3)13-14(10(2)16(20)21)17-18(15(13)19)12-8-6-5-7-9-12/h5-10H,4H2,1-3H3,(H,20,21)/b13-11-. The first kappa shape index (κ1) is 15.8. The van der Waals surface area contributed by atoms with Gasteiger partial charge in [-0.25, -0.2) is 0 Å². The van der Waals surface area contributed by atoms with Crippen LogP contribution in [0.4, 0.5) is 5.69 Å². The van der Waals surface area contributed by atoms with Gasteiger partial charge in [0.25, 0.3) is 5.91 Å². The van der Waals surface area contributed by atoms with E-state index in [1.165, 1.54) is 11.9 Å². The second-order valence-corrected chi connectivity index (χ2v) is 4.86. The minimum absolute atomic E-state index is 0.215. The van der Waals surface area contributed by atoms with Crippen molar-refractivity contribution in [2.24, 2.45) is 11.0 Å². The quantitative estimate of drug-likeness (QED) is 0.669. The SMILES string of the molecule is CCO/C(C)=C1\C(=O)N(c2ccccc2)N=C1C(C)C(=O)O. The van der Waals surface area contributed by atoms with Gasteiger partial charge in [-0.2, -0.15) is 10.1 Å². The Balaban J connectivity index is 2.51. The van der Waals surface area contributed by atoms with Crippen LogP contribution in [0.2, 0.25) is 0 Å². The third-order valence-electron chi connectivity index (χ3n) is 3.36. The molecule has 0 radical (unpaired) electrons. The number of hydrogen-bond donors (Lipinski definition) is 1. The first-order valence-corrected chi connectivity index (χ1v) is 7.02. The van der Waals surface area contributed by atoms with Gasteiger partial charge in [-0.15, -0.1) is 0 Å². The first-order valence-electron chi connectivity index (χ1n) is 7.02. The zero-order valence-electron chi connectivity index (χ0n) is 12.7. The molecule has 1 aliphatic rings. The van der Waals surface area contributed by atoms with E-state index < -0.39 is 11.9 Å². The Morgan fingerprint density at radius 3 is 2.55 bits per heavy atom. The topological polar surface area (TPSA) is 79.2 Å². The Morgan fingerprint density at radius 2 is 2.00 bits per heavy atom. The molecule has 1 atom stereocenters. The third kappa shape index (κ3) is 2.86. The van der Waals surface area contributed by atoms with Gasteiger partial charge in [0.05, 0.1) is 23.9 Å². The highest BCUT2D eigenvalue weighted by molar-refractivity contribution is 6.33. The number of aliphatic carboxylic acids is 1. The van der Waals surface area contributed by atoms with Crippen LogP contribution in [0.5, 0.6) is 0 Å². The van der Waals surface area contributed by atoms with Crippen LogP contribution >= 0.6 is 0 Å². The number of carbonyl (C=O) groups is 2. The highest BCUT2D eigenvalue weighted by atomic mass is 16.5. The molecule has 0 aromatic heterocycles. The number of hydrogen-bond acceptors (Lipinski definition) is 4. The second-order valence-electron chi connectivity index (χ2n) is 4.86. The molecule has 1 aromatic carbocycles. The summed E-state index contributed by atoms with van der Waals surface area (Å²) in [7, 11) is 0. The molecule has 0 saturated heterocycles. The molecule has 0 spiro atoms. The predicted molar refractivity (Wildman–Crippen MR) is 82.5 cm³/mol. The highest BCUT2D eigenvalue weighted by Gasteiger charge is 2.38. The second kappa shape index (κ2) is 6.43. The van der Waals surface area contributed by atoms with Crippen molar-refractivity contribution in [3.63, 3.8) is 0 Å². The minimum Gasteiger partial charge on any atom is -0.498 e. The molecule has 1 amide bonds. The normalized spacial score (nSPS) is 18.0. The van der Waals surface area contributed by atoms with Crippen molar-refractivity contribution in [1.29, 1.82) is 0 Å². The summed E-state index contributed by atoms with van der Waals surface area (Å²) in [6.07, 6.45) is 0. The summed E-state index contributed by atoms with van der Waals surface area (Å²) in [6.45, 7) is 5.34. The van der Waals surface area contributed by atoms with Crippen molar-refractivity contribution in [2.75, 3.05) is 11.6 Å². The van der Waals surface area contributed by atoms with E-state index in [-0.39, 0.29) is 17.2 Å². The number of amides is 1. The van der Waals surface area contributed by atoms with Crippen LogP contribution in [0.1, 0.15) is 20.8 Å². The van der Waals surface area contributed by atoms with Crippen LogP contribution in [0.25, 0.3) is 0 Å². The number of hydrazone groups is 1. The molecule has 0 aliphatic carbocycles. The fourth-order valence-corrected chi connectivity index (χ4v) is 2.20. The lowest BCUT2D eigenvalue weighted by molar-refractivity contribution is -0.138. The predicted octanol–water partition coefficient (Wildman–Crippen LogP) is 2.42. The van der Waals surface area contributed by atoms with Gasteiger partial charge in [-0.3, -0.25) is 9.59 Å². The van der Waals surface area contributed by atoms with Crippen molar-refractivity contribution in [3.8, 4) is 0 Å². The Bertz CT molecular complexity index is 649. The van der Waals surface area contributed by atoms with Gasteiger partial charge >= 0.3 is 5.97 Å². The summed E-state index contributed by atoms with van der Waals surface area (Å²) in [5, 5.41) is 14.7. The van der Waals surface area contributed by atoms with Gasteiger partial charge in [0.15, 0.2) is 0 Å². The fraction of sp³-hybridized carbons (Fsp3) is 0.312. The molecule has 0 bridgehead atoms. The highest BCUT2D eigenvalue weighted by Crippen LogP contribution is 2.28. The summed E-state index contributed by atoms with van der Waals surface area (Å²) < 4.78 is 5.40. The molecule has 1 unspecified atom stereocenters. The average Bonchev–Trinajstić information content (AvgIpc) is 2.85. The maximum atomic E-state index is 12.6. The number of rotatable bonds is 5. The smallest absolute Gasteiger partial charge is 0.312 e. The lowest BCUT2D eigenvalue weighted by atomic mass is 9.98. The number of nitrogens with zero attached hydrogens (tertiary/aromatic N) is 2. The number of ether oxygens (including phenoxy) is 1. The molecule has 6 heteroatoms. The van der Waals surface area contributed by atoms with Crippen molar-refractivity contribution >= 4 is 23.3 Å². The summed E-state index contributed by atoms with van der Waals surface area (Å²) in [4.78, 5) is 23.9. The van der Waals surface area contributed by atoms with Crippen molar-refractivity contribution in [3.05, 3.63) is 41.7 Å². The molecule has 6 nitrogen and oxygen atoms in total. The van der Waals surface area contributed by atoms with E-state index in [0.29, 0.717) is 18.1 Å². The molecule has 1 heterocycles. The largest absolute Gasteiger partial charge is 0.498 e. The van der Waals surface area contributed by atoms with Crippen LogP contribution in [0.3, 0.4) is 0 Å². The molecule has 22 heavy (non-hydrogen) atoms. The number of carbonyl (C=O) groups excluding carboxylic acids is 1. The summed E-state index contributed by atoms with van der Waals surface area (Å²) in [5.41, 5.74) is 1.02. The lowest BCUT2D eigenvalue weighted by Crippen LogP contribution is -2.25. The minimum atomic E-state index is -1.04. The van der Waals surface area contributed by atoms with Crippen LogP contribution < -0.4 is 5.01 Å². The molecule has 1 aromatic rings. The van der Waals surface area contributed by atoms with Gasteiger partial charge in [-0.1, -0.05) is 18.2 Å². The van der Waals surface area contributed by atoms with E-state index >= 15 is 0 Å². The Kier molecular flexibility index (Phi) is 4.60. The Hall–Kier alpha value is -2.63. The van der Waals surface area contributed by atoms with E-state index in [1.807, 2.05) is 6.07 Å². The maximum absolute atomic E-state index is 12.6. The summed E-state index contributed by atoms with van der Waals surface area (Å²) >= 11 is 0. The van der Waals surface area contributed by atoms with E-state index in [1.54, 1.807) is 38.1 Å². The lowest BCUT2D eigenvalue weighted by Gasteiger charge is -2.12. The van der Waals surface area contributed by atoms with Crippen molar-refractivity contribution < 1.29 is 19.4 Å². The zero-order chi connectivity index (χ0) is 16.3. The van der Waals surface area contributed by atoms with Crippen LogP contribution in [-0.4, -0.2) is 29.3 Å². The van der Waals surface area contributed by atoms with Gasteiger partial charge in [0, 0.05) is 0 Å². The monoisotopic (exact) mass is 302 g/mol. The summed E-state index contributed by atoms with van der Waals surface area (Å²) in [6, 6.07) is 8.88. The molecular weight excluding hydrogens is 284 g/mol. The third-order valence-corrected chi connectivity index (χ3v) is 3.36. The first-order chi connectivity index (χ1) is 10.5. The van der Waals surface area contributed by atoms with Crippen LogP contribution in [-0.2, 0) is 14.3 Å². The Morgan fingerprint density at radius 1 is 1.36 bits per heavy atom. The van der Waals surface area contributed by atoms with Crippen molar-refractivity contribution in [1.82, 2.24) is 0 Å². The van der Waals surface area contributed by atoms with E-state index in [0.717, 1.165) is 0 Å². The summed E-state index contributed by atoms with van der Waals surface area (Å²) in [5.74, 6) is -1.93. The van der Waals surface area contributed by atoms with E-state index in [9.17, 15) is 14.7 Å². The van der Waals surface area contributed by atoms with Crippen LogP contribution in [0, 0.1) is 5.92 Å². The molecule has 1 aliphatic heterocycles. The number of benzene rings is 1. The van der Waals surface area contributed by atoms with Crippen LogP contribution in [0.15, 0.2) is 46.8 Å². The molecule has 0 saturated carbocycles. The fourth-order valence-electron chi connectivity index (χ4n) is 2.20. The zero-order valence-corrected chi connectivity index (χ0v) is 12.7. The Labute approximate surface area is 128 Å². The van der Waals surface area contributed by atoms with E-state index in [2.05, 4.69) is 5.10 Å².